The summed E-state index contributed by atoms with van der Waals surface area (Å²) in [5.41, 5.74) is 1.44. The largest absolute Gasteiger partial charge is 0.496 e. The predicted molar refractivity (Wildman–Crippen MR) is 102 cm³/mol. The molecule has 0 amide bonds. The highest BCUT2D eigenvalue weighted by atomic mass is 31.2. The van der Waals surface area contributed by atoms with E-state index in [1.807, 2.05) is 38.1 Å². The minimum atomic E-state index is -3.53. The molecule has 0 unspecified atom stereocenters. The summed E-state index contributed by atoms with van der Waals surface area (Å²) >= 11 is 0. The molecule has 0 aliphatic carbocycles. The number of anilines is 1. The molecular formula is C19H26NO4P. The molecule has 0 heterocycles. The van der Waals surface area contributed by atoms with Crippen LogP contribution in [-0.4, -0.2) is 32.9 Å². The molecule has 2 atom stereocenters. The lowest BCUT2D eigenvalue weighted by molar-refractivity contribution is 0.210. The summed E-state index contributed by atoms with van der Waals surface area (Å²) in [6.45, 7) is 2.24. The topological polar surface area (TPSA) is 59.0 Å². The molecule has 2 rings (SSSR count). The first-order chi connectivity index (χ1) is 11.9. The highest BCUT2D eigenvalue weighted by molar-refractivity contribution is 7.67. The Labute approximate surface area is 149 Å². The smallest absolute Gasteiger partial charge is 0.264 e. The number of hydrogen-bond donors (Lipinski definition) is 1. The molecule has 0 aromatic heterocycles. The zero-order valence-electron chi connectivity index (χ0n) is 15.2. The van der Waals surface area contributed by atoms with Gasteiger partial charge in [0.15, 0.2) is 5.85 Å². The van der Waals surface area contributed by atoms with Gasteiger partial charge in [0.1, 0.15) is 5.75 Å². The van der Waals surface area contributed by atoms with E-state index in [1.165, 1.54) is 7.11 Å². The summed E-state index contributed by atoms with van der Waals surface area (Å²) in [6.07, 6.45) is 0.707. The van der Waals surface area contributed by atoms with E-state index in [0.717, 1.165) is 5.69 Å². The molecule has 5 nitrogen and oxygen atoms in total. The van der Waals surface area contributed by atoms with Crippen molar-refractivity contribution in [1.82, 2.24) is 0 Å². The van der Waals surface area contributed by atoms with Gasteiger partial charge in [0, 0.05) is 30.7 Å². The van der Waals surface area contributed by atoms with Crippen molar-refractivity contribution < 1.29 is 18.9 Å². The number of hydrogen-bond acceptors (Lipinski definition) is 5. The van der Waals surface area contributed by atoms with Crippen LogP contribution in [0, 0.1) is 0 Å². The average molecular weight is 363 g/mol. The van der Waals surface area contributed by atoms with Gasteiger partial charge in [-0.25, -0.2) is 0 Å². The van der Waals surface area contributed by atoms with Crippen molar-refractivity contribution in [3.8, 4) is 5.75 Å². The maximum absolute atomic E-state index is 13.7. The molecule has 2 aromatic carbocycles. The van der Waals surface area contributed by atoms with Crippen LogP contribution in [0.25, 0.3) is 0 Å². The summed E-state index contributed by atoms with van der Waals surface area (Å²) in [5.74, 6) is -0.805. The lowest BCUT2D eigenvalue weighted by Gasteiger charge is -2.26. The Morgan fingerprint density at radius 3 is 2.32 bits per heavy atom. The van der Waals surface area contributed by atoms with Crippen LogP contribution in [-0.2, 0) is 9.09 Å². The quantitative estimate of drug-likeness (QED) is 0.723. The van der Waals surface area contributed by atoms with Crippen LogP contribution in [0.15, 0.2) is 48.5 Å². The van der Waals surface area contributed by atoms with E-state index >= 15 is 0 Å². The summed E-state index contributed by atoms with van der Waals surface area (Å²) in [6, 6.07) is 14.3. The molecule has 136 valence electrons. The fourth-order valence-corrected chi connectivity index (χ4v) is 4.71. The summed E-state index contributed by atoms with van der Waals surface area (Å²) < 4.78 is 24.7. The molecule has 1 N–H and O–H groups in total. The molecule has 0 radical (unpaired) electrons. The molecule has 0 bridgehead atoms. The van der Waals surface area contributed by atoms with Crippen molar-refractivity contribution >= 4 is 18.4 Å². The zero-order chi connectivity index (χ0) is 18.4. The van der Waals surface area contributed by atoms with Crippen molar-refractivity contribution in [2.24, 2.45) is 0 Å². The SMILES string of the molecule is CCCO[P@](=O)(c1ccc(N(C)C)cc1)[C@@H](O)c1ccccc1OC. The molecule has 25 heavy (non-hydrogen) atoms. The number of para-hydroxylation sites is 1. The van der Waals surface area contributed by atoms with Crippen molar-refractivity contribution in [2.45, 2.75) is 19.2 Å². The average Bonchev–Trinajstić information content (AvgIpc) is 2.65. The van der Waals surface area contributed by atoms with E-state index in [9.17, 15) is 9.67 Å². The molecule has 0 aliphatic rings. The molecule has 0 saturated carbocycles. The zero-order valence-corrected chi connectivity index (χ0v) is 16.1. The lowest BCUT2D eigenvalue weighted by Crippen LogP contribution is -2.16. The van der Waals surface area contributed by atoms with Crippen LogP contribution in [0.4, 0.5) is 5.69 Å². The number of aliphatic hydroxyl groups excluding tert-OH is 1. The highest BCUT2D eigenvalue weighted by Gasteiger charge is 2.37. The van der Waals surface area contributed by atoms with E-state index < -0.39 is 13.2 Å². The van der Waals surface area contributed by atoms with Crippen molar-refractivity contribution in [3.63, 3.8) is 0 Å². The Morgan fingerprint density at radius 1 is 1.12 bits per heavy atom. The minimum absolute atomic E-state index is 0.304. The standard InChI is InChI=1S/C19H26NO4P/c1-5-14-24-25(22,16-12-10-15(11-13-16)20(2)3)19(21)17-8-6-7-9-18(17)23-4/h6-13,19,21H,5,14H2,1-4H3/t19-,25-/m1/s1. The number of aliphatic hydroxyl groups is 1. The first kappa shape index (κ1) is 19.5. The van der Waals surface area contributed by atoms with E-state index in [4.69, 9.17) is 9.26 Å². The van der Waals surface area contributed by atoms with Gasteiger partial charge in [0.2, 0.25) is 0 Å². The third kappa shape index (κ3) is 4.24. The van der Waals surface area contributed by atoms with Crippen LogP contribution in [0.1, 0.15) is 24.8 Å². The monoisotopic (exact) mass is 363 g/mol. The van der Waals surface area contributed by atoms with Crippen LogP contribution < -0.4 is 14.9 Å². The predicted octanol–water partition coefficient (Wildman–Crippen LogP) is 3.78. The van der Waals surface area contributed by atoms with Gasteiger partial charge in [-0.2, -0.15) is 0 Å². The lowest BCUT2D eigenvalue weighted by atomic mass is 10.2. The number of benzene rings is 2. The highest BCUT2D eigenvalue weighted by Crippen LogP contribution is 2.59. The second-order valence-electron chi connectivity index (χ2n) is 5.96. The van der Waals surface area contributed by atoms with Crippen molar-refractivity contribution in [3.05, 3.63) is 54.1 Å². The third-order valence-electron chi connectivity index (χ3n) is 3.95. The first-order valence-corrected chi connectivity index (χ1v) is 9.96. The van der Waals surface area contributed by atoms with Gasteiger partial charge in [-0.15, -0.1) is 0 Å². The molecule has 0 fully saturated rings. The van der Waals surface area contributed by atoms with E-state index in [1.54, 1.807) is 36.4 Å². The summed E-state index contributed by atoms with van der Waals surface area (Å²) in [7, 11) is 1.86. The second-order valence-corrected chi connectivity index (χ2v) is 8.41. The van der Waals surface area contributed by atoms with E-state index in [0.29, 0.717) is 29.6 Å². The van der Waals surface area contributed by atoms with Crippen LogP contribution in [0.5, 0.6) is 5.75 Å². The fourth-order valence-electron chi connectivity index (χ4n) is 2.53. The van der Waals surface area contributed by atoms with E-state index in [-0.39, 0.29) is 0 Å². The van der Waals surface area contributed by atoms with Gasteiger partial charge in [0.05, 0.1) is 13.7 Å². The van der Waals surface area contributed by atoms with Crippen molar-refractivity contribution in [1.29, 1.82) is 0 Å². The van der Waals surface area contributed by atoms with Gasteiger partial charge >= 0.3 is 0 Å². The Morgan fingerprint density at radius 2 is 1.76 bits per heavy atom. The molecule has 2 aromatic rings. The van der Waals surface area contributed by atoms with Gasteiger partial charge in [-0.1, -0.05) is 25.1 Å². The van der Waals surface area contributed by atoms with Crippen molar-refractivity contribution in [2.75, 3.05) is 32.7 Å². The minimum Gasteiger partial charge on any atom is -0.496 e. The van der Waals surface area contributed by atoms with Gasteiger partial charge in [-0.3, -0.25) is 4.57 Å². The Balaban J connectivity index is 2.47. The van der Waals surface area contributed by atoms with E-state index in [2.05, 4.69) is 0 Å². The molecular weight excluding hydrogens is 337 g/mol. The summed E-state index contributed by atoms with van der Waals surface area (Å²) in [4.78, 5) is 1.96. The summed E-state index contributed by atoms with van der Waals surface area (Å²) in [5, 5.41) is 11.4. The first-order valence-electron chi connectivity index (χ1n) is 8.27. The Hall–Kier alpha value is -1.81. The number of ether oxygens (including phenoxy) is 1. The fraction of sp³-hybridized carbons (Fsp3) is 0.368. The maximum Gasteiger partial charge on any atom is 0.264 e. The molecule has 0 saturated heterocycles. The number of methoxy groups -OCH3 is 1. The Kier molecular flexibility index (Phi) is 6.65. The van der Waals surface area contributed by atoms with Gasteiger partial charge < -0.3 is 19.3 Å². The van der Waals surface area contributed by atoms with Gasteiger partial charge in [-0.05, 0) is 36.8 Å². The second kappa shape index (κ2) is 8.52. The molecule has 0 aliphatic heterocycles. The van der Waals surface area contributed by atoms with Gasteiger partial charge in [0.25, 0.3) is 7.37 Å². The molecule has 6 heteroatoms. The van der Waals surface area contributed by atoms with Crippen LogP contribution in [0.3, 0.4) is 0 Å². The van der Waals surface area contributed by atoms with Crippen LogP contribution >= 0.6 is 7.37 Å². The normalized spacial score (nSPS) is 14.6. The van der Waals surface area contributed by atoms with Crippen LogP contribution in [0.2, 0.25) is 0 Å². The molecule has 0 spiro atoms. The number of rotatable bonds is 8. The third-order valence-corrected chi connectivity index (χ3v) is 6.46. The Bertz CT molecular complexity index is 730. The maximum atomic E-state index is 13.7. The number of nitrogens with zero attached hydrogens (tertiary/aromatic N) is 1.